The molecule has 0 radical (unpaired) electrons. The highest BCUT2D eigenvalue weighted by molar-refractivity contribution is 5.83. The SMILES string of the molecule is Cn1nccc1Cc1nncn1[C@H]1CCc2cc(-n3c(-c4cccnc4N)nc4ccc(-n5cccn5)nc43)ccc21. The molecule has 1 aliphatic carbocycles. The van der Waals surface area contributed by atoms with E-state index in [-0.39, 0.29) is 6.04 Å². The van der Waals surface area contributed by atoms with Gasteiger partial charge in [0, 0.05) is 49.6 Å². The van der Waals surface area contributed by atoms with Crippen LogP contribution in [0.15, 0.2) is 85.7 Å². The van der Waals surface area contributed by atoms with Gasteiger partial charge < -0.3 is 10.3 Å². The van der Waals surface area contributed by atoms with Crippen LogP contribution in [-0.4, -0.2) is 53.8 Å². The molecule has 0 amide bonds. The second kappa shape index (κ2) is 9.47. The fraction of sp³-hybridized carbons (Fsp3) is 0.167. The van der Waals surface area contributed by atoms with Crippen molar-refractivity contribution < 1.29 is 0 Å². The zero-order chi connectivity index (χ0) is 28.2. The maximum absolute atomic E-state index is 6.34. The zero-order valence-electron chi connectivity index (χ0n) is 22.8. The summed E-state index contributed by atoms with van der Waals surface area (Å²) in [5, 5.41) is 17.4. The molecule has 12 heteroatoms. The molecule has 0 unspecified atom stereocenters. The molecular weight excluding hydrogens is 528 g/mol. The van der Waals surface area contributed by atoms with Crippen LogP contribution >= 0.6 is 0 Å². The summed E-state index contributed by atoms with van der Waals surface area (Å²) in [6.45, 7) is 0. The first kappa shape index (κ1) is 24.2. The lowest BCUT2D eigenvalue weighted by atomic mass is 10.1. The number of nitrogens with two attached hydrogens (primary N) is 1. The molecule has 0 bridgehead atoms. The Labute approximate surface area is 240 Å². The van der Waals surface area contributed by atoms with E-state index < -0.39 is 0 Å². The van der Waals surface area contributed by atoms with Crippen LogP contribution in [0.4, 0.5) is 5.82 Å². The number of rotatable bonds is 6. The Bertz CT molecular complexity index is 2060. The molecule has 0 spiro atoms. The summed E-state index contributed by atoms with van der Waals surface area (Å²) in [6, 6.07) is 18.3. The van der Waals surface area contributed by atoms with Gasteiger partial charge in [-0.1, -0.05) is 6.07 Å². The Kier molecular flexibility index (Phi) is 5.45. The van der Waals surface area contributed by atoms with Gasteiger partial charge in [-0.3, -0.25) is 9.25 Å². The van der Waals surface area contributed by atoms with E-state index >= 15 is 0 Å². The first-order valence-corrected chi connectivity index (χ1v) is 13.7. The van der Waals surface area contributed by atoms with Crippen molar-refractivity contribution in [3.63, 3.8) is 0 Å². The van der Waals surface area contributed by atoms with Crippen LogP contribution in [0.1, 0.15) is 35.1 Å². The largest absolute Gasteiger partial charge is 0.383 e. The number of hydrogen-bond acceptors (Lipinski definition) is 8. The van der Waals surface area contributed by atoms with E-state index in [0.29, 0.717) is 29.5 Å². The van der Waals surface area contributed by atoms with Crippen LogP contribution in [0.5, 0.6) is 0 Å². The van der Waals surface area contributed by atoms with Gasteiger partial charge in [-0.25, -0.2) is 19.6 Å². The maximum atomic E-state index is 6.34. The zero-order valence-corrected chi connectivity index (χ0v) is 22.8. The van der Waals surface area contributed by atoms with Gasteiger partial charge in [0.15, 0.2) is 17.3 Å². The molecule has 0 saturated heterocycles. The highest BCUT2D eigenvalue weighted by Gasteiger charge is 2.28. The predicted molar refractivity (Wildman–Crippen MR) is 156 cm³/mol. The molecule has 1 aliphatic rings. The number of aryl methyl sites for hydroxylation is 2. The van der Waals surface area contributed by atoms with Crippen molar-refractivity contribution in [2.75, 3.05) is 5.73 Å². The number of aromatic nitrogens is 11. The summed E-state index contributed by atoms with van der Waals surface area (Å²) >= 11 is 0. The summed E-state index contributed by atoms with van der Waals surface area (Å²) < 4.78 is 7.88. The van der Waals surface area contributed by atoms with E-state index in [1.807, 2.05) is 66.8 Å². The average molecular weight is 555 g/mol. The predicted octanol–water partition coefficient (Wildman–Crippen LogP) is 3.70. The lowest BCUT2D eigenvalue weighted by Crippen LogP contribution is -2.12. The second-order valence-electron chi connectivity index (χ2n) is 10.4. The third-order valence-corrected chi connectivity index (χ3v) is 7.98. The van der Waals surface area contributed by atoms with Crippen LogP contribution in [0.2, 0.25) is 0 Å². The number of nitrogens with zero attached hydrogens (tertiary/aromatic N) is 11. The Morgan fingerprint density at radius 3 is 2.76 bits per heavy atom. The first-order chi connectivity index (χ1) is 20.6. The fourth-order valence-corrected chi connectivity index (χ4v) is 5.91. The van der Waals surface area contributed by atoms with Crippen LogP contribution in [0.3, 0.4) is 0 Å². The first-order valence-electron chi connectivity index (χ1n) is 13.7. The Morgan fingerprint density at radius 2 is 1.93 bits per heavy atom. The Balaban J connectivity index is 1.24. The van der Waals surface area contributed by atoms with Crippen LogP contribution in [0, 0.1) is 0 Å². The number of anilines is 1. The van der Waals surface area contributed by atoms with Crippen molar-refractivity contribution in [3.8, 4) is 22.9 Å². The van der Waals surface area contributed by atoms with E-state index in [4.69, 9.17) is 15.7 Å². The minimum atomic E-state index is 0.157. The summed E-state index contributed by atoms with van der Waals surface area (Å²) in [4.78, 5) is 14.3. The van der Waals surface area contributed by atoms with E-state index in [9.17, 15) is 0 Å². The summed E-state index contributed by atoms with van der Waals surface area (Å²) in [6.07, 6.45) is 11.5. The number of pyridine rings is 2. The number of benzene rings is 1. The van der Waals surface area contributed by atoms with Gasteiger partial charge in [0.2, 0.25) is 0 Å². The van der Waals surface area contributed by atoms with Crippen LogP contribution in [0.25, 0.3) is 34.1 Å². The monoisotopic (exact) mass is 554 g/mol. The molecule has 6 heterocycles. The lowest BCUT2D eigenvalue weighted by Gasteiger charge is -2.17. The summed E-state index contributed by atoms with van der Waals surface area (Å²) in [5.74, 6) is 2.73. The molecule has 0 aliphatic heterocycles. The van der Waals surface area contributed by atoms with Gasteiger partial charge in [0.25, 0.3) is 0 Å². The number of nitrogen functional groups attached to an aromatic ring is 1. The molecular formula is C30H26N12. The minimum Gasteiger partial charge on any atom is -0.383 e. The van der Waals surface area contributed by atoms with Gasteiger partial charge in [-0.15, -0.1) is 10.2 Å². The highest BCUT2D eigenvalue weighted by atomic mass is 15.3. The Hall–Kier alpha value is -5.65. The van der Waals surface area contributed by atoms with Crippen molar-refractivity contribution in [1.29, 1.82) is 0 Å². The Morgan fingerprint density at radius 1 is 0.976 bits per heavy atom. The normalized spacial score (nSPS) is 14.5. The standard InChI is InChI=1S/C30H26N12/c1-39-20(11-14-34-39)17-27-38-33-18-40(27)25-9-5-19-16-21(6-7-22(19)25)42-29(23-4-2-12-32-28(23)31)36-24-8-10-26(37-30(24)42)41-15-3-13-35-41/h2-4,6-8,10-16,18,25H,5,9,17H2,1H3,(H2,31,32)/t25-/m0/s1. The average Bonchev–Trinajstić information content (AvgIpc) is 3.84. The summed E-state index contributed by atoms with van der Waals surface area (Å²) in [7, 11) is 1.95. The number of imidazole rings is 1. The van der Waals surface area contributed by atoms with Crippen molar-refractivity contribution in [2.45, 2.75) is 25.3 Å². The number of hydrogen-bond donors (Lipinski definition) is 1. The van der Waals surface area contributed by atoms with Gasteiger partial charge in [0.1, 0.15) is 23.5 Å². The third-order valence-electron chi connectivity index (χ3n) is 7.98. The molecule has 42 heavy (non-hydrogen) atoms. The van der Waals surface area contributed by atoms with Gasteiger partial charge in [-0.05, 0) is 72.5 Å². The van der Waals surface area contributed by atoms with Crippen molar-refractivity contribution in [2.24, 2.45) is 7.05 Å². The fourth-order valence-electron chi connectivity index (χ4n) is 5.91. The molecule has 8 rings (SSSR count). The van der Waals surface area contributed by atoms with E-state index in [2.05, 4.69) is 52.7 Å². The molecule has 0 saturated carbocycles. The lowest BCUT2D eigenvalue weighted by molar-refractivity contribution is 0.553. The summed E-state index contributed by atoms with van der Waals surface area (Å²) in [5.41, 5.74) is 13.2. The van der Waals surface area contributed by atoms with Gasteiger partial charge in [0.05, 0.1) is 11.6 Å². The highest BCUT2D eigenvalue weighted by Crippen LogP contribution is 2.38. The van der Waals surface area contributed by atoms with Crippen molar-refractivity contribution in [1.82, 2.24) is 53.8 Å². The van der Waals surface area contributed by atoms with Crippen molar-refractivity contribution >= 4 is 17.0 Å². The molecule has 1 atom stereocenters. The molecule has 1 aromatic carbocycles. The molecule has 206 valence electrons. The minimum absolute atomic E-state index is 0.157. The van der Waals surface area contributed by atoms with E-state index in [0.717, 1.165) is 41.1 Å². The molecule has 12 nitrogen and oxygen atoms in total. The topological polar surface area (TPSA) is 136 Å². The smallest absolute Gasteiger partial charge is 0.167 e. The molecule has 6 aromatic heterocycles. The number of fused-ring (bicyclic) bond motifs is 2. The third kappa shape index (κ3) is 3.87. The quantitative estimate of drug-likeness (QED) is 0.329. The van der Waals surface area contributed by atoms with E-state index in [1.54, 1.807) is 17.1 Å². The van der Waals surface area contributed by atoms with E-state index in [1.165, 1.54) is 11.1 Å². The maximum Gasteiger partial charge on any atom is 0.167 e. The van der Waals surface area contributed by atoms with Crippen LogP contribution < -0.4 is 5.73 Å². The van der Waals surface area contributed by atoms with Gasteiger partial charge in [-0.2, -0.15) is 10.2 Å². The molecule has 0 fully saturated rings. The van der Waals surface area contributed by atoms with Crippen LogP contribution in [-0.2, 0) is 19.9 Å². The second-order valence-corrected chi connectivity index (χ2v) is 10.4. The van der Waals surface area contributed by atoms with Crippen molar-refractivity contribution in [3.05, 3.63) is 108 Å². The molecule has 2 N–H and O–H groups in total. The molecule has 7 aromatic rings. The van der Waals surface area contributed by atoms with Gasteiger partial charge >= 0.3 is 0 Å².